The van der Waals surface area contributed by atoms with Crippen LogP contribution in [0.1, 0.15) is 39.1 Å². The zero-order valence-electron chi connectivity index (χ0n) is 17.9. The SMILES string of the molecule is Cc1ccc(-c2csc(NC(=O)COC(=O)CCCN3C(=O)c4ccccc4C3=O)n2)cc1. The number of nitrogens with zero attached hydrogens (tertiary/aromatic N) is 2. The van der Waals surface area contributed by atoms with Gasteiger partial charge in [0.1, 0.15) is 0 Å². The largest absolute Gasteiger partial charge is 0.456 e. The molecule has 0 aliphatic carbocycles. The van der Waals surface area contributed by atoms with Gasteiger partial charge in [-0.3, -0.25) is 29.4 Å². The summed E-state index contributed by atoms with van der Waals surface area (Å²) in [6, 6.07) is 14.5. The lowest BCUT2D eigenvalue weighted by molar-refractivity contribution is -0.147. The monoisotopic (exact) mass is 463 g/mol. The molecule has 0 atom stereocenters. The Balaban J connectivity index is 1.19. The first-order chi connectivity index (χ1) is 15.9. The molecule has 1 N–H and O–H groups in total. The molecule has 0 saturated carbocycles. The fourth-order valence-electron chi connectivity index (χ4n) is 3.39. The molecule has 0 bridgehead atoms. The lowest BCUT2D eigenvalue weighted by Crippen LogP contribution is -2.31. The smallest absolute Gasteiger partial charge is 0.306 e. The predicted octanol–water partition coefficient (Wildman–Crippen LogP) is 3.68. The molecule has 8 nitrogen and oxygen atoms in total. The topological polar surface area (TPSA) is 106 Å². The number of anilines is 1. The van der Waals surface area contributed by atoms with E-state index < -0.39 is 18.5 Å². The lowest BCUT2D eigenvalue weighted by Gasteiger charge is -2.13. The van der Waals surface area contributed by atoms with Crippen molar-refractivity contribution in [3.63, 3.8) is 0 Å². The summed E-state index contributed by atoms with van der Waals surface area (Å²) in [5.74, 6) is -1.80. The highest BCUT2D eigenvalue weighted by Gasteiger charge is 2.34. The number of thiazole rings is 1. The van der Waals surface area contributed by atoms with Gasteiger partial charge in [0.05, 0.1) is 16.8 Å². The van der Waals surface area contributed by atoms with E-state index in [1.54, 1.807) is 24.3 Å². The van der Waals surface area contributed by atoms with E-state index in [0.29, 0.717) is 16.3 Å². The zero-order chi connectivity index (χ0) is 23.4. The van der Waals surface area contributed by atoms with Crippen LogP contribution < -0.4 is 5.32 Å². The Morgan fingerprint density at radius 1 is 1.03 bits per heavy atom. The highest BCUT2D eigenvalue weighted by molar-refractivity contribution is 7.14. The zero-order valence-corrected chi connectivity index (χ0v) is 18.7. The van der Waals surface area contributed by atoms with Gasteiger partial charge in [0, 0.05) is 23.9 Å². The summed E-state index contributed by atoms with van der Waals surface area (Å²) >= 11 is 1.28. The number of carbonyl (C=O) groups is 4. The molecule has 1 aromatic heterocycles. The first-order valence-corrected chi connectivity index (χ1v) is 11.2. The number of nitrogens with one attached hydrogen (secondary N) is 1. The van der Waals surface area contributed by atoms with Crippen LogP contribution in [0.5, 0.6) is 0 Å². The number of hydrogen-bond donors (Lipinski definition) is 1. The summed E-state index contributed by atoms with van der Waals surface area (Å²) in [7, 11) is 0. The van der Waals surface area contributed by atoms with Gasteiger partial charge in [0.25, 0.3) is 17.7 Å². The Morgan fingerprint density at radius 2 is 1.70 bits per heavy atom. The van der Waals surface area contributed by atoms with Crippen LogP contribution in [0.4, 0.5) is 5.13 Å². The summed E-state index contributed by atoms with van der Waals surface area (Å²) in [5.41, 5.74) is 3.58. The van der Waals surface area contributed by atoms with Crippen molar-refractivity contribution in [1.29, 1.82) is 0 Å². The highest BCUT2D eigenvalue weighted by atomic mass is 32.1. The number of benzene rings is 2. The van der Waals surface area contributed by atoms with Crippen molar-refractivity contribution in [2.24, 2.45) is 0 Å². The van der Waals surface area contributed by atoms with Crippen molar-refractivity contribution in [1.82, 2.24) is 9.88 Å². The second-order valence-electron chi connectivity index (χ2n) is 7.52. The van der Waals surface area contributed by atoms with E-state index in [1.165, 1.54) is 11.3 Å². The van der Waals surface area contributed by atoms with E-state index >= 15 is 0 Å². The number of rotatable bonds is 8. The molecule has 1 aliphatic rings. The van der Waals surface area contributed by atoms with Crippen molar-refractivity contribution in [3.05, 3.63) is 70.6 Å². The number of ether oxygens (including phenoxy) is 1. The molecule has 9 heteroatoms. The Hall–Kier alpha value is -3.85. The second-order valence-corrected chi connectivity index (χ2v) is 8.38. The molecule has 33 heavy (non-hydrogen) atoms. The molecule has 1 aliphatic heterocycles. The predicted molar refractivity (Wildman–Crippen MR) is 123 cm³/mol. The average Bonchev–Trinajstić information content (AvgIpc) is 3.37. The highest BCUT2D eigenvalue weighted by Crippen LogP contribution is 2.25. The van der Waals surface area contributed by atoms with Crippen molar-refractivity contribution in [2.75, 3.05) is 18.5 Å². The minimum Gasteiger partial charge on any atom is -0.456 e. The normalized spacial score (nSPS) is 12.6. The summed E-state index contributed by atoms with van der Waals surface area (Å²) in [6.45, 7) is 1.67. The van der Waals surface area contributed by atoms with Crippen LogP contribution >= 0.6 is 11.3 Å². The third-order valence-corrected chi connectivity index (χ3v) is 5.86. The minimum absolute atomic E-state index is 0.0183. The Kier molecular flexibility index (Phi) is 6.60. The fraction of sp³-hybridized carbons (Fsp3) is 0.208. The first kappa shape index (κ1) is 22.3. The number of aromatic nitrogens is 1. The number of aryl methyl sites for hydroxylation is 1. The molecular formula is C24H21N3O5S. The number of amides is 3. The van der Waals surface area contributed by atoms with Crippen molar-refractivity contribution < 1.29 is 23.9 Å². The van der Waals surface area contributed by atoms with Crippen LogP contribution in [-0.4, -0.2) is 46.7 Å². The molecule has 0 radical (unpaired) electrons. The number of carbonyl (C=O) groups excluding carboxylic acids is 4. The Morgan fingerprint density at radius 3 is 2.36 bits per heavy atom. The average molecular weight is 464 g/mol. The standard InChI is InChI=1S/C24H21N3O5S/c1-15-8-10-16(11-9-15)19-14-33-24(25-19)26-20(28)13-32-21(29)7-4-12-27-22(30)17-5-2-3-6-18(17)23(27)31/h2-3,5-6,8-11,14H,4,7,12-13H2,1H3,(H,25,26,28). The summed E-state index contributed by atoms with van der Waals surface area (Å²) < 4.78 is 5.00. The van der Waals surface area contributed by atoms with Gasteiger partial charge >= 0.3 is 5.97 Å². The van der Waals surface area contributed by atoms with Gasteiger partial charge in [-0.1, -0.05) is 42.0 Å². The quantitative estimate of drug-likeness (QED) is 0.404. The fourth-order valence-corrected chi connectivity index (χ4v) is 4.12. The Labute approximate surface area is 194 Å². The van der Waals surface area contributed by atoms with E-state index in [2.05, 4.69) is 10.3 Å². The Bertz CT molecular complexity index is 1180. The number of imide groups is 1. The lowest BCUT2D eigenvalue weighted by atomic mass is 10.1. The molecular weight excluding hydrogens is 442 g/mol. The van der Waals surface area contributed by atoms with E-state index in [4.69, 9.17) is 4.74 Å². The number of hydrogen-bond acceptors (Lipinski definition) is 7. The van der Waals surface area contributed by atoms with E-state index in [1.807, 2.05) is 36.6 Å². The summed E-state index contributed by atoms with van der Waals surface area (Å²) in [4.78, 5) is 54.2. The van der Waals surface area contributed by atoms with Gasteiger partial charge in [-0.05, 0) is 25.5 Å². The second kappa shape index (κ2) is 9.74. The molecule has 0 unspecified atom stereocenters. The number of fused-ring (bicyclic) bond motifs is 1. The van der Waals surface area contributed by atoms with Crippen LogP contribution in [0.2, 0.25) is 0 Å². The van der Waals surface area contributed by atoms with E-state index in [-0.39, 0.29) is 31.2 Å². The van der Waals surface area contributed by atoms with E-state index in [0.717, 1.165) is 21.7 Å². The molecule has 3 aromatic rings. The maximum atomic E-state index is 12.3. The molecule has 168 valence electrons. The molecule has 4 rings (SSSR count). The minimum atomic E-state index is -0.582. The molecule has 0 fully saturated rings. The van der Waals surface area contributed by atoms with E-state index in [9.17, 15) is 19.2 Å². The molecule has 2 heterocycles. The van der Waals surface area contributed by atoms with Gasteiger partial charge in [0.15, 0.2) is 11.7 Å². The maximum Gasteiger partial charge on any atom is 0.306 e. The molecule has 2 aromatic carbocycles. The third kappa shape index (κ3) is 5.15. The van der Waals surface area contributed by atoms with Crippen molar-refractivity contribution >= 4 is 40.2 Å². The van der Waals surface area contributed by atoms with Crippen LogP contribution in [0.3, 0.4) is 0 Å². The van der Waals surface area contributed by atoms with Gasteiger partial charge in [0.2, 0.25) is 0 Å². The summed E-state index contributed by atoms with van der Waals surface area (Å²) in [6.07, 6.45) is 0.230. The van der Waals surface area contributed by atoms with Gasteiger partial charge in [-0.2, -0.15) is 0 Å². The van der Waals surface area contributed by atoms with Crippen LogP contribution in [0, 0.1) is 6.92 Å². The van der Waals surface area contributed by atoms with Crippen LogP contribution in [0.15, 0.2) is 53.9 Å². The van der Waals surface area contributed by atoms with Crippen molar-refractivity contribution in [2.45, 2.75) is 19.8 Å². The molecule has 0 spiro atoms. The molecule has 0 saturated heterocycles. The molecule has 3 amide bonds. The third-order valence-electron chi connectivity index (χ3n) is 5.10. The first-order valence-electron chi connectivity index (χ1n) is 10.4. The van der Waals surface area contributed by atoms with Gasteiger partial charge in [-0.15, -0.1) is 11.3 Å². The van der Waals surface area contributed by atoms with Gasteiger partial charge < -0.3 is 4.74 Å². The van der Waals surface area contributed by atoms with Gasteiger partial charge in [-0.25, -0.2) is 4.98 Å². The van der Waals surface area contributed by atoms with Crippen molar-refractivity contribution in [3.8, 4) is 11.3 Å². The van der Waals surface area contributed by atoms with Crippen LogP contribution in [0.25, 0.3) is 11.3 Å². The number of esters is 1. The summed E-state index contributed by atoms with van der Waals surface area (Å²) in [5, 5.41) is 4.87. The van der Waals surface area contributed by atoms with Crippen LogP contribution in [-0.2, 0) is 14.3 Å². The maximum absolute atomic E-state index is 12.3.